The number of carbonyl (C=O) groups excluding carboxylic acids is 1. The molecule has 2 atom stereocenters. The third kappa shape index (κ3) is 4.65. The Bertz CT molecular complexity index is 721. The van der Waals surface area contributed by atoms with E-state index in [1.807, 2.05) is 36.4 Å². The van der Waals surface area contributed by atoms with Crippen LogP contribution in [0.4, 0.5) is 0 Å². The minimum atomic E-state index is -0.413. The second kappa shape index (κ2) is 8.10. The Morgan fingerprint density at radius 2 is 1.75 bits per heavy atom. The summed E-state index contributed by atoms with van der Waals surface area (Å²) >= 11 is 0. The van der Waals surface area contributed by atoms with Crippen LogP contribution in [0.15, 0.2) is 54.8 Å². The smallest absolute Gasteiger partial charge is 0.332 e. The number of ether oxygens (including phenoxy) is 1. The lowest BCUT2D eigenvalue weighted by Crippen LogP contribution is -2.62. The van der Waals surface area contributed by atoms with Gasteiger partial charge in [-0.15, -0.1) is 0 Å². The number of nitrogens with zero attached hydrogens (tertiary/aromatic N) is 1. The Morgan fingerprint density at radius 3 is 2.32 bits per heavy atom. The lowest BCUT2D eigenvalue weighted by Gasteiger charge is -2.54. The lowest BCUT2D eigenvalue weighted by molar-refractivity contribution is -0.314. The van der Waals surface area contributed by atoms with Gasteiger partial charge in [0.05, 0.1) is 0 Å². The molecule has 1 N–H and O–H groups in total. The number of allylic oxidation sites excluding steroid dienone is 2. The molecule has 3 rings (SSSR count). The lowest BCUT2D eigenvalue weighted by atomic mass is 9.80. The molecular weight excluding hydrogens is 352 g/mol. The largest absolute Gasteiger partial charge is 0.460 e. The van der Waals surface area contributed by atoms with Crippen LogP contribution in [0, 0.1) is 0 Å². The maximum absolute atomic E-state index is 12.5. The summed E-state index contributed by atoms with van der Waals surface area (Å²) in [6.45, 7) is 10.7. The molecule has 28 heavy (non-hydrogen) atoms. The van der Waals surface area contributed by atoms with E-state index in [9.17, 15) is 4.79 Å². The number of hydrogen-bond acceptors (Lipinski definition) is 5. The summed E-state index contributed by atoms with van der Waals surface area (Å²) in [5.41, 5.74) is 0.600. The van der Waals surface area contributed by atoms with E-state index in [0.717, 1.165) is 18.4 Å². The van der Waals surface area contributed by atoms with Crippen molar-refractivity contribution in [3.63, 3.8) is 0 Å². The Balaban J connectivity index is 1.68. The molecule has 0 aromatic heterocycles. The van der Waals surface area contributed by atoms with E-state index in [-0.39, 0.29) is 29.3 Å². The van der Waals surface area contributed by atoms with Crippen LogP contribution in [0.2, 0.25) is 0 Å². The minimum absolute atomic E-state index is 0.0535. The van der Waals surface area contributed by atoms with Gasteiger partial charge in [0.15, 0.2) is 0 Å². The average molecular weight is 385 g/mol. The third-order valence-corrected chi connectivity index (χ3v) is 5.41. The van der Waals surface area contributed by atoms with Crippen molar-refractivity contribution in [1.29, 1.82) is 0 Å². The number of rotatable bonds is 5. The van der Waals surface area contributed by atoms with E-state index in [1.165, 1.54) is 0 Å². The number of esters is 1. The molecule has 2 aliphatic rings. The molecule has 1 aromatic carbocycles. The summed E-state index contributed by atoms with van der Waals surface area (Å²) in [6.07, 6.45) is 8.54. The molecule has 5 heteroatoms. The van der Waals surface area contributed by atoms with Gasteiger partial charge >= 0.3 is 5.97 Å². The highest BCUT2D eigenvalue weighted by Crippen LogP contribution is 2.41. The number of benzene rings is 1. The SMILES string of the molecule is CC(ON1C(C)(C)CC(OC(=O)C2C=CC=CN2)CC1(C)C)c1ccccc1. The number of piperidine rings is 1. The van der Waals surface area contributed by atoms with Gasteiger partial charge in [-0.1, -0.05) is 42.5 Å². The van der Waals surface area contributed by atoms with E-state index >= 15 is 0 Å². The molecule has 0 bridgehead atoms. The summed E-state index contributed by atoms with van der Waals surface area (Å²) in [7, 11) is 0. The summed E-state index contributed by atoms with van der Waals surface area (Å²) < 4.78 is 5.87. The van der Waals surface area contributed by atoms with Crippen molar-refractivity contribution in [3.8, 4) is 0 Å². The molecule has 152 valence electrons. The van der Waals surface area contributed by atoms with Crippen molar-refractivity contribution in [1.82, 2.24) is 10.4 Å². The van der Waals surface area contributed by atoms with Crippen LogP contribution in [0.1, 0.15) is 59.1 Å². The fourth-order valence-corrected chi connectivity index (χ4v) is 4.31. The summed E-state index contributed by atoms with van der Waals surface area (Å²) in [4.78, 5) is 19.0. The van der Waals surface area contributed by atoms with Gasteiger partial charge < -0.3 is 10.1 Å². The quantitative estimate of drug-likeness (QED) is 0.768. The highest BCUT2D eigenvalue weighted by atomic mass is 16.7. The van der Waals surface area contributed by atoms with Crippen LogP contribution in [0.25, 0.3) is 0 Å². The minimum Gasteiger partial charge on any atom is -0.460 e. The molecule has 0 spiro atoms. The molecular formula is C23H32N2O3. The van der Waals surface area contributed by atoms with Crippen molar-refractivity contribution < 1.29 is 14.4 Å². The van der Waals surface area contributed by atoms with Crippen molar-refractivity contribution in [2.45, 2.75) is 76.8 Å². The number of carbonyl (C=O) groups is 1. The molecule has 1 saturated heterocycles. The van der Waals surface area contributed by atoms with E-state index in [1.54, 1.807) is 6.20 Å². The van der Waals surface area contributed by atoms with Crippen LogP contribution >= 0.6 is 0 Å². The van der Waals surface area contributed by atoms with Crippen LogP contribution in [-0.4, -0.2) is 34.3 Å². The molecule has 5 nitrogen and oxygen atoms in total. The van der Waals surface area contributed by atoms with E-state index in [0.29, 0.717) is 0 Å². The maximum Gasteiger partial charge on any atom is 0.332 e. The monoisotopic (exact) mass is 384 g/mol. The topological polar surface area (TPSA) is 50.8 Å². The number of hydroxylamine groups is 2. The molecule has 2 unspecified atom stereocenters. The molecule has 2 heterocycles. The molecule has 0 amide bonds. The zero-order valence-corrected chi connectivity index (χ0v) is 17.5. The summed E-state index contributed by atoms with van der Waals surface area (Å²) in [5.74, 6) is -0.232. The van der Waals surface area contributed by atoms with Crippen LogP contribution < -0.4 is 5.32 Å². The van der Waals surface area contributed by atoms with Gasteiger partial charge in [-0.25, -0.2) is 4.79 Å². The average Bonchev–Trinajstić information content (AvgIpc) is 2.65. The third-order valence-electron chi connectivity index (χ3n) is 5.41. The zero-order chi connectivity index (χ0) is 20.4. The van der Waals surface area contributed by atoms with Gasteiger partial charge in [-0.05, 0) is 52.5 Å². The fourth-order valence-electron chi connectivity index (χ4n) is 4.31. The predicted molar refractivity (Wildman–Crippen MR) is 110 cm³/mol. The Hall–Kier alpha value is -2.11. The first-order chi connectivity index (χ1) is 13.2. The van der Waals surface area contributed by atoms with Crippen molar-refractivity contribution in [2.24, 2.45) is 0 Å². The molecule has 2 aliphatic heterocycles. The Kier molecular flexibility index (Phi) is 5.96. The molecule has 1 aromatic rings. The van der Waals surface area contributed by atoms with Crippen LogP contribution in [0.3, 0.4) is 0 Å². The van der Waals surface area contributed by atoms with Crippen molar-refractivity contribution in [2.75, 3.05) is 0 Å². The van der Waals surface area contributed by atoms with Crippen molar-refractivity contribution in [3.05, 3.63) is 60.3 Å². The van der Waals surface area contributed by atoms with E-state index in [4.69, 9.17) is 9.57 Å². The molecule has 1 fully saturated rings. The second-order valence-corrected chi connectivity index (χ2v) is 8.93. The van der Waals surface area contributed by atoms with Gasteiger partial charge in [0.2, 0.25) is 0 Å². The van der Waals surface area contributed by atoms with Gasteiger partial charge in [0.25, 0.3) is 0 Å². The summed E-state index contributed by atoms with van der Waals surface area (Å²) in [5, 5.41) is 5.13. The fraction of sp³-hybridized carbons (Fsp3) is 0.522. The first kappa shape index (κ1) is 20.6. The first-order valence-corrected chi connectivity index (χ1v) is 10.0. The van der Waals surface area contributed by atoms with Crippen LogP contribution in [0.5, 0.6) is 0 Å². The predicted octanol–water partition coefficient (Wildman–Crippen LogP) is 4.29. The molecule has 0 radical (unpaired) electrons. The summed E-state index contributed by atoms with van der Waals surface area (Å²) in [6, 6.07) is 9.82. The van der Waals surface area contributed by atoms with Crippen molar-refractivity contribution >= 4 is 5.97 Å². The highest BCUT2D eigenvalue weighted by Gasteiger charge is 2.48. The van der Waals surface area contributed by atoms with E-state index < -0.39 is 6.04 Å². The Labute approximate surface area is 168 Å². The number of hydrogen-bond donors (Lipinski definition) is 1. The number of dihydropyridines is 1. The maximum atomic E-state index is 12.5. The van der Waals surface area contributed by atoms with Gasteiger partial charge in [0, 0.05) is 23.9 Å². The van der Waals surface area contributed by atoms with Gasteiger partial charge in [-0.3, -0.25) is 4.84 Å². The number of nitrogens with one attached hydrogen (secondary N) is 1. The molecule has 0 aliphatic carbocycles. The standard InChI is InChI=1S/C23H32N2O3/c1-17(18-11-7-6-8-12-18)28-25-22(2,3)15-19(16-23(25,4)5)27-21(26)20-13-9-10-14-24-20/h6-14,17,19-20,24H,15-16H2,1-5H3. The first-order valence-electron chi connectivity index (χ1n) is 10.0. The zero-order valence-electron chi connectivity index (χ0n) is 17.5. The van der Waals surface area contributed by atoms with Gasteiger partial charge in [-0.2, -0.15) is 5.06 Å². The normalized spacial score (nSPS) is 25.1. The van der Waals surface area contributed by atoms with Gasteiger partial charge in [0.1, 0.15) is 18.2 Å². The Morgan fingerprint density at radius 1 is 1.11 bits per heavy atom. The highest BCUT2D eigenvalue weighted by molar-refractivity contribution is 5.78. The second-order valence-electron chi connectivity index (χ2n) is 8.93. The molecule has 0 saturated carbocycles. The van der Waals surface area contributed by atoms with Crippen LogP contribution in [-0.2, 0) is 14.4 Å². The van der Waals surface area contributed by atoms with E-state index in [2.05, 4.69) is 57.1 Å².